The summed E-state index contributed by atoms with van der Waals surface area (Å²) in [6, 6.07) is -0.0415. The van der Waals surface area contributed by atoms with Gasteiger partial charge in [0.2, 0.25) is 10.0 Å². The summed E-state index contributed by atoms with van der Waals surface area (Å²) in [4.78, 5) is 22.0. The van der Waals surface area contributed by atoms with Crippen LogP contribution in [0.2, 0.25) is 0 Å². The molecule has 0 spiro atoms. The number of carbonyl (C=O) groups excluding carboxylic acids is 1. The predicted molar refractivity (Wildman–Crippen MR) is 70.6 cm³/mol. The molecular weight excluding hydrogens is 286 g/mol. The van der Waals surface area contributed by atoms with E-state index in [-0.39, 0.29) is 17.0 Å². The number of carbonyl (C=O) groups is 2. The Hall–Kier alpha value is -1.87. The molecule has 1 rings (SSSR count). The van der Waals surface area contributed by atoms with Crippen LogP contribution in [0.4, 0.5) is 0 Å². The number of nitrogens with two attached hydrogens (primary N) is 1. The highest BCUT2D eigenvalue weighted by molar-refractivity contribution is 7.89. The van der Waals surface area contributed by atoms with E-state index in [1.807, 2.05) is 0 Å². The third-order valence-electron chi connectivity index (χ3n) is 3.02. The Morgan fingerprint density at radius 2 is 2.05 bits per heavy atom. The molecule has 1 atom stereocenters. The minimum absolute atomic E-state index is 0.0281. The second-order valence-electron chi connectivity index (χ2n) is 4.32. The lowest BCUT2D eigenvalue weighted by Crippen LogP contribution is -2.41. The number of amides is 1. The van der Waals surface area contributed by atoms with E-state index in [9.17, 15) is 18.0 Å². The van der Waals surface area contributed by atoms with Gasteiger partial charge in [-0.2, -0.15) is 4.31 Å². The number of aliphatic carboxylic acids is 1. The van der Waals surface area contributed by atoms with Gasteiger partial charge in [0.25, 0.3) is 5.91 Å². The topological polar surface area (TPSA) is 123 Å². The Morgan fingerprint density at radius 1 is 1.50 bits per heavy atom. The van der Waals surface area contributed by atoms with Crippen LogP contribution < -0.4 is 5.73 Å². The van der Waals surface area contributed by atoms with Crippen molar-refractivity contribution in [3.8, 4) is 0 Å². The third kappa shape index (κ3) is 2.83. The Kier molecular flexibility index (Phi) is 4.56. The first kappa shape index (κ1) is 16.2. The van der Waals surface area contributed by atoms with Crippen LogP contribution in [-0.4, -0.2) is 47.4 Å². The number of carboxylic acid groups (broad SMARTS) is 1. The summed E-state index contributed by atoms with van der Waals surface area (Å²) in [5, 5.41) is 9.02. The van der Waals surface area contributed by atoms with Gasteiger partial charge in [0.1, 0.15) is 16.6 Å². The average Bonchev–Trinajstić information content (AvgIpc) is 2.72. The maximum atomic E-state index is 12.3. The van der Waals surface area contributed by atoms with E-state index in [4.69, 9.17) is 10.8 Å². The summed E-state index contributed by atoms with van der Waals surface area (Å²) in [7, 11) is -1.34. The van der Waals surface area contributed by atoms with Crippen LogP contribution in [0.25, 0.3) is 0 Å². The molecule has 1 aromatic rings. The Labute approximate surface area is 116 Å². The van der Waals surface area contributed by atoms with Crippen LogP contribution in [0.1, 0.15) is 23.8 Å². The van der Waals surface area contributed by atoms with Crippen molar-refractivity contribution in [1.29, 1.82) is 0 Å². The molecule has 1 aromatic heterocycles. The van der Waals surface area contributed by atoms with Crippen molar-refractivity contribution in [2.45, 2.75) is 24.3 Å². The van der Waals surface area contributed by atoms with Crippen molar-refractivity contribution >= 4 is 21.9 Å². The summed E-state index contributed by atoms with van der Waals surface area (Å²) >= 11 is 0. The van der Waals surface area contributed by atoms with E-state index in [1.165, 1.54) is 24.9 Å². The maximum Gasteiger partial charge on any atom is 0.321 e. The molecule has 1 unspecified atom stereocenters. The Morgan fingerprint density at radius 3 is 2.40 bits per heavy atom. The van der Waals surface area contributed by atoms with Gasteiger partial charge in [-0.15, -0.1) is 0 Å². The molecule has 0 bridgehead atoms. The van der Waals surface area contributed by atoms with Gasteiger partial charge in [0.05, 0.1) is 0 Å². The third-order valence-corrected chi connectivity index (χ3v) is 4.85. The molecule has 0 aliphatic rings. The lowest BCUT2D eigenvalue weighted by Gasteiger charge is -2.22. The van der Waals surface area contributed by atoms with Gasteiger partial charge in [-0.3, -0.25) is 9.59 Å². The van der Waals surface area contributed by atoms with Crippen molar-refractivity contribution in [3.05, 3.63) is 18.0 Å². The highest BCUT2D eigenvalue weighted by Gasteiger charge is 2.32. The minimum atomic E-state index is -4.01. The number of hydrogen-bond donors (Lipinski definition) is 2. The molecule has 20 heavy (non-hydrogen) atoms. The zero-order valence-electron chi connectivity index (χ0n) is 11.4. The Bertz CT molecular complexity index is 634. The van der Waals surface area contributed by atoms with Gasteiger partial charge in [-0.25, -0.2) is 8.42 Å². The number of aromatic nitrogens is 1. The Balaban J connectivity index is 3.26. The van der Waals surface area contributed by atoms with Crippen molar-refractivity contribution in [1.82, 2.24) is 8.87 Å². The summed E-state index contributed by atoms with van der Waals surface area (Å²) in [5.74, 6) is -1.99. The molecule has 0 aliphatic heterocycles. The van der Waals surface area contributed by atoms with Gasteiger partial charge in [-0.05, 0) is 12.5 Å². The number of likely N-dealkylation sites (N-methyl/N-ethyl adjacent to an activating group) is 1. The first-order valence-corrected chi connectivity index (χ1v) is 7.24. The molecule has 112 valence electrons. The van der Waals surface area contributed by atoms with Gasteiger partial charge >= 0.3 is 5.97 Å². The number of rotatable bonds is 6. The minimum Gasteiger partial charge on any atom is -0.480 e. The zero-order valence-corrected chi connectivity index (χ0v) is 12.2. The average molecular weight is 303 g/mol. The molecule has 0 radical (unpaired) electrons. The number of nitrogens with zero attached hydrogens (tertiary/aromatic N) is 2. The van der Waals surface area contributed by atoms with Crippen molar-refractivity contribution in [2.24, 2.45) is 12.8 Å². The monoisotopic (exact) mass is 303 g/mol. The van der Waals surface area contributed by atoms with Crippen molar-refractivity contribution < 1.29 is 23.1 Å². The van der Waals surface area contributed by atoms with Crippen LogP contribution in [0, 0.1) is 0 Å². The smallest absolute Gasteiger partial charge is 0.321 e. The zero-order chi connectivity index (χ0) is 15.7. The fraction of sp³-hybridized carbons (Fsp3) is 0.455. The predicted octanol–water partition coefficient (Wildman–Crippen LogP) is -0.392. The molecule has 0 saturated carbocycles. The number of primary amides is 1. The molecule has 0 saturated heterocycles. The lowest BCUT2D eigenvalue weighted by molar-refractivity contribution is -0.141. The maximum absolute atomic E-state index is 12.3. The first-order valence-electron chi connectivity index (χ1n) is 5.80. The van der Waals surface area contributed by atoms with E-state index in [0.29, 0.717) is 0 Å². The van der Waals surface area contributed by atoms with Gasteiger partial charge in [0, 0.05) is 20.3 Å². The number of sulfonamides is 1. The van der Waals surface area contributed by atoms with Crippen LogP contribution in [0.3, 0.4) is 0 Å². The second-order valence-corrected chi connectivity index (χ2v) is 6.32. The fourth-order valence-electron chi connectivity index (χ4n) is 1.84. The first-order chi connectivity index (χ1) is 9.12. The van der Waals surface area contributed by atoms with Crippen LogP contribution in [0.15, 0.2) is 17.2 Å². The molecule has 0 aliphatic carbocycles. The molecule has 0 aromatic carbocycles. The van der Waals surface area contributed by atoms with E-state index >= 15 is 0 Å². The molecule has 1 amide bonds. The molecule has 8 nitrogen and oxygen atoms in total. The lowest BCUT2D eigenvalue weighted by atomic mass is 10.2. The standard InChI is InChI=1S/C11H17N3O5S/c1-4-8(11(16)17)14(3)20(18,19)7-5-9(10(12)15)13(2)6-7/h5-6,8H,4H2,1-3H3,(H2,12,15)(H,16,17). The summed E-state index contributed by atoms with van der Waals surface area (Å²) in [5.41, 5.74) is 5.15. The van der Waals surface area contributed by atoms with Crippen LogP contribution >= 0.6 is 0 Å². The van der Waals surface area contributed by atoms with Crippen LogP contribution in [-0.2, 0) is 21.9 Å². The summed E-state index contributed by atoms with van der Waals surface area (Å²) < 4.78 is 26.7. The highest BCUT2D eigenvalue weighted by Crippen LogP contribution is 2.20. The quantitative estimate of drug-likeness (QED) is 0.740. The number of hydrogen-bond acceptors (Lipinski definition) is 4. The van der Waals surface area contributed by atoms with E-state index in [0.717, 1.165) is 10.4 Å². The molecule has 9 heteroatoms. The van der Waals surface area contributed by atoms with Crippen molar-refractivity contribution in [3.63, 3.8) is 0 Å². The molecule has 0 fully saturated rings. The van der Waals surface area contributed by atoms with Crippen molar-refractivity contribution in [2.75, 3.05) is 7.05 Å². The number of aryl methyl sites for hydroxylation is 1. The SMILES string of the molecule is CCC(C(=O)O)N(C)S(=O)(=O)c1cc(C(N)=O)n(C)c1. The van der Waals surface area contributed by atoms with Gasteiger partial charge in [-0.1, -0.05) is 6.92 Å². The van der Waals surface area contributed by atoms with E-state index in [2.05, 4.69) is 0 Å². The van der Waals surface area contributed by atoms with E-state index in [1.54, 1.807) is 6.92 Å². The second kappa shape index (κ2) is 5.63. The molecule has 1 heterocycles. The number of carboxylic acids is 1. The van der Waals surface area contributed by atoms with Crippen LogP contribution in [0.5, 0.6) is 0 Å². The summed E-state index contributed by atoms with van der Waals surface area (Å²) in [6.45, 7) is 1.57. The molecular formula is C11H17N3O5S. The van der Waals surface area contributed by atoms with Gasteiger partial charge < -0.3 is 15.4 Å². The fourth-order valence-corrected chi connectivity index (χ4v) is 3.30. The van der Waals surface area contributed by atoms with E-state index < -0.39 is 27.9 Å². The van der Waals surface area contributed by atoms with Gasteiger partial charge in [0.15, 0.2) is 0 Å². The normalized spacial score (nSPS) is 13.4. The summed E-state index contributed by atoms with van der Waals surface area (Å²) in [6.07, 6.45) is 1.35. The largest absolute Gasteiger partial charge is 0.480 e. The molecule has 3 N–H and O–H groups in total. The highest BCUT2D eigenvalue weighted by atomic mass is 32.2.